The first-order chi connectivity index (χ1) is 11.6. The van der Waals surface area contributed by atoms with E-state index in [9.17, 15) is 9.90 Å². The molecule has 0 spiro atoms. The average Bonchev–Trinajstić information content (AvgIpc) is 2.49. The molecule has 24 heavy (non-hydrogen) atoms. The quantitative estimate of drug-likeness (QED) is 0.909. The van der Waals surface area contributed by atoms with Crippen molar-refractivity contribution in [1.29, 1.82) is 0 Å². The molecule has 1 N–H and O–H groups in total. The molecule has 2 heterocycles. The Kier molecular flexibility index (Phi) is 4.16. The van der Waals surface area contributed by atoms with Crippen LogP contribution in [-0.2, 0) is 4.79 Å². The number of carbonyl (C=O) groups excluding carboxylic acids is 1. The van der Waals surface area contributed by atoms with Crippen LogP contribution in [0.15, 0.2) is 6.07 Å². The summed E-state index contributed by atoms with van der Waals surface area (Å²) >= 11 is 0. The number of piperazine rings is 1. The van der Waals surface area contributed by atoms with Crippen LogP contribution in [0, 0.1) is 12.8 Å². The van der Waals surface area contributed by atoms with Gasteiger partial charge in [0.25, 0.3) is 0 Å². The minimum absolute atomic E-state index is 0.171. The van der Waals surface area contributed by atoms with Gasteiger partial charge in [0.2, 0.25) is 5.91 Å². The normalized spacial score (nSPS) is 27.6. The molecule has 3 fully saturated rings. The largest absolute Gasteiger partial charge is 0.393 e. The zero-order valence-electron chi connectivity index (χ0n) is 14.3. The van der Waals surface area contributed by atoms with Gasteiger partial charge in [-0.05, 0) is 32.6 Å². The Labute approximate surface area is 142 Å². The van der Waals surface area contributed by atoms with Crippen molar-refractivity contribution < 1.29 is 9.90 Å². The Balaban J connectivity index is 1.40. The predicted octanol–water partition coefficient (Wildman–Crippen LogP) is 1.47. The highest BCUT2D eigenvalue weighted by molar-refractivity contribution is 5.79. The number of hydrogen-bond donors (Lipinski definition) is 1. The summed E-state index contributed by atoms with van der Waals surface area (Å²) in [7, 11) is 0. The van der Waals surface area contributed by atoms with E-state index in [1.165, 1.54) is 6.42 Å². The first-order valence-corrected chi connectivity index (χ1v) is 9.17. The summed E-state index contributed by atoms with van der Waals surface area (Å²) in [4.78, 5) is 25.8. The topological polar surface area (TPSA) is 69.6 Å². The summed E-state index contributed by atoms with van der Waals surface area (Å²) in [6, 6.07) is 2.08. The fraction of sp³-hybridized carbons (Fsp3) is 0.722. The summed E-state index contributed by atoms with van der Waals surface area (Å²) in [5.74, 6) is 2.76. The molecule has 1 aromatic rings. The van der Waals surface area contributed by atoms with Gasteiger partial charge in [0, 0.05) is 49.8 Å². The number of anilines is 1. The maximum atomic E-state index is 12.4. The highest BCUT2D eigenvalue weighted by Gasteiger charge is 2.33. The molecule has 1 aromatic heterocycles. The molecule has 0 radical (unpaired) electrons. The highest BCUT2D eigenvalue weighted by atomic mass is 16.3. The standard InChI is InChI=1S/C18H26N4O2/c1-12-19-16(14-9-15(23)10-14)11-17(20-12)21-5-7-22(8-6-21)18(24)13-3-2-4-13/h11,13-15,23H,2-10H2,1H3. The van der Waals surface area contributed by atoms with E-state index in [2.05, 4.69) is 20.9 Å². The van der Waals surface area contributed by atoms with Crippen molar-refractivity contribution in [3.05, 3.63) is 17.6 Å². The van der Waals surface area contributed by atoms with Gasteiger partial charge < -0.3 is 14.9 Å². The van der Waals surface area contributed by atoms with E-state index in [4.69, 9.17) is 0 Å². The number of nitrogens with zero attached hydrogens (tertiary/aromatic N) is 4. The van der Waals surface area contributed by atoms with Crippen LogP contribution in [0.2, 0.25) is 0 Å². The van der Waals surface area contributed by atoms with Gasteiger partial charge in [-0.15, -0.1) is 0 Å². The van der Waals surface area contributed by atoms with Crippen molar-refractivity contribution in [3.8, 4) is 0 Å². The van der Waals surface area contributed by atoms with Crippen molar-refractivity contribution in [1.82, 2.24) is 14.9 Å². The molecule has 4 rings (SSSR count). The molecular weight excluding hydrogens is 304 g/mol. The third-order valence-electron chi connectivity index (χ3n) is 5.75. The van der Waals surface area contributed by atoms with Crippen molar-refractivity contribution in [2.45, 2.75) is 51.0 Å². The van der Waals surface area contributed by atoms with Gasteiger partial charge >= 0.3 is 0 Å². The molecule has 1 aliphatic heterocycles. The third-order valence-corrected chi connectivity index (χ3v) is 5.75. The Morgan fingerprint density at radius 3 is 2.46 bits per heavy atom. The van der Waals surface area contributed by atoms with E-state index >= 15 is 0 Å². The van der Waals surface area contributed by atoms with Gasteiger partial charge in [0.15, 0.2) is 0 Å². The zero-order valence-corrected chi connectivity index (χ0v) is 14.3. The van der Waals surface area contributed by atoms with Crippen molar-refractivity contribution in [3.63, 3.8) is 0 Å². The second-order valence-electron chi connectivity index (χ2n) is 7.46. The monoisotopic (exact) mass is 330 g/mol. The summed E-state index contributed by atoms with van der Waals surface area (Å²) in [5, 5.41) is 9.53. The maximum Gasteiger partial charge on any atom is 0.225 e. The third kappa shape index (κ3) is 2.99. The van der Waals surface area contributed by atoms with Gasteiger partial charge in [0.05, 0.1) is 6.10 Å². The van der Waals surface area contributed by atoms with Crippen LogP contribution in [0.1, 0.15) is 49.5 Å². The van der Waals surface area contributed by atoms with Crippen molar-refractivity contribution in [2.75, 3.05) is 31.1 Å². The number of aliphatic hydroxyl groups excluding tert-OH is 1. The lowest BCUT2D eigenvalue weighted by Crippen LogP contribution is -2.51. The zero-order chi connectivity index (χ0) is 16.7. The molecule has 0 aromatic carbocycles. The van der Waals surface area contributed by atoms with E-state index in [-0.39, 0.29) is 12.0 Å². The summed E-state index contributed by atoms with van der Waals surface area (Å²) in [6.07, 6.45) is 4.78. The van der Waals surface area contributed by atoms with E-state index in [0.29, 0.717) is 11.8 Å². The number of hydrogen-bond acceptors (Lipinski definition) is 5. The first-order valence-electron chi connectivity index (χ1n) is 9.17. The summed E-state index contributed by atoms with van der Waals surface area (Å²) in [5.41, 5.74) is 1.05. The lowest BCUT2D eigenvalue weighted by atomic mass is 9.80. The summed E-state index contributed by atoms with van der Waals surface area (Å²) < 4.78 is 0. The van der Waals surface area contributed by atoms with Crippen LogP contribution < -0.4 is 4.90 Å². The van der Waals surface area contributed by atoms with Crippen LogP contribution in [0.5, 0.6) is 0 Å². The molecule has 0 atom stereocenters. The molecule has 2 aliphatic carbocycles. The molecular formula is C18H26N4O2. The molecule has 2 saturated carbocycles. The molecule has 1 saturated heterocycles. The average molecular weight is 330 g/mol. The van der Waals surface area contributed by atoms with Crippen LogP contribution in [0.3, 0.4) is 0 Å². The van der Waals surface area contributed by atoms with Crippen LogP contribution in [0.4, 0.5) is 5.82 Å². The SMILES string of the molecule is Cc1nc(C2CC(O)C2)cc(N2CCN(C(=O)C3CCC3)CC2)n1. The second-order valence-corrected chi connectivity index (χ2v) is 7.46. The molecule has 3 aliphatic rings. The second kappa shape index (κ2) is 6.31. The van der Waals surface area contributed by atoms with Crippen LogP contribution >= 0.6 is 0 Å². The lowest BCUT2D eigenvalue weighted by molar-refractivity contribution is -0.138. The number of aryl methyl sites for hydroxylation is 1. The summed E-state index contributed by atoms with van der Waals surface area (Å²) in [6.45, 7) is 5.17. The van der Waals surface area contributed by atoms with E-state index in [1.54, 1.807) is 0 Å². The molecule has 130 valence electrons. The van der Waals surface area contributed by atoms with Gasteiger partial charge in [0.1, 0.15) is 11.6 Å². The number of aromatic nitrogens is 2. The van der Waals surface area contributed by atoms with E-state index in [1.807, 2.05) is 11.8 Å². The molecule has 0 unspecified atom stereocenters. The Hall–Kier alpha value is -1.69. The Bertz CT molecular complexity index is 617. The number of carbonyl (C=O) groups is 1. The first kappa shape index (κ1) is 15.8. The molecule has 1 amide bonds. The Morgan fingerprint density at radius 1 is 1.17 bits per heavy atom. The van der Waals surface area contributed by atoms with E-state index < -0.39 is 0 Å². The Morgan fingerprint density at radius 2 is 1.88 bits per heavy atom. The number of amides is 1. The van der Waals surface area contributed by atoms with E-state index in [0.717, 1.165) is 69.2 Å². The van der Waals surface area contributed by atoms with Crippen LogP contribution in [-0.4, -0.2) is 58.2 Å². The molecule has 6 heteroatoms. The van der Waals surface area contributed by atoms with Crippen molar-refractivity contribution in [2.24, 2.45) is 5.92 Å². The lowest BCUT2D eigenvalue weighted by Gasteiger charge is -2.39. The van der Waals surface area contributed by atoms with Gasteiger partial charge in [-0.25, -0.2) is 9.97 Å². The minimum atomic E-state index is -0.171. The minimum Gasteiger partial charge on any atom is -0.393 e. The number of rotatable bonds is 3. The van der Waals surface area contributed by atoms with Crippen LogP contribution in [0.25, 0.3) is 0 Å². The fourth-order valence-electron chi connectivity index (χ4n) is 3.84. The number of aliphatic hydroxyl groups is 1. The molecule has 0 bridgehead atoms. The smallest absolute Gasteiger partial charge is 0.225 e. The maximum absolute atomic E-state index is 12.4. The fourth-order valence-corrected chi connectivity index (χ4v) is 3.84. The van der Waals surface area contributed by atoms with Gasteiger partial charge in [-0.2, -0.15) is 0 Å². The molecule has 6 nitrogen and oxygen atoms in total. The predicted molar refractivity (Wildman–Crippen MR) is 90.9 cm³/mol. The van der Waals surface area contributed by atoms with Gasteiger partial charge in [-0.1, -0.05) is 6.42 Å². The van der Waals surface area contributed by atoms with Gasteiger partial charge in [-0.3, -0.25) is 4.79 Å². The highest BCUT2D eigenvalue weighted by Crippen LogP contribution is 2.36. The van der Waals surface area contributed by atoms with Crippen molar-refractivity contribution >= 4 is 11.7 Å².